The van der Waals surface area contributed by atoms with Crippen molar-refractivity contribution >= 4 is 0 Å². The Balaban J connectivity index is 2.10. The van der Waals surface area contributed by atoms with Gasteiger partial charge in [0.1, 0.15) is 0 Å². The highest BCUT2D eigenvalue weighted by atomic mass is 16.2. The molecule has 1 aromatic rings. The molecule has 1 saturated heterocycles. The quantitative estimate of drug-likeness (QED) is 0.734. The molecule has 1 aliphatic heterocycles. The van der Waals surface area contributed by atoms with E-state index >= 15 is 0 Å². The second-order valence-electron chi connectivity index (χ2n) is 4.62. The zero-order valence-corrected chi connectivity index (χ0v) is 10.5. The highest BCUT2D eigenvalue weighted by molar-refractivity contribution is 4.86. The third-order valence-corrected chi connectivity index (χ3v) is 3.35. The minimum Gasteiger partial charge on any atom is -0.329 e. The van der Waals surface area contributed by atoms with E-state index in [1.165, 1.54) is 23.5 Å². The van der Waals surface area contributed by atoms with Crippen LogP contribution in [0.1, 0.15) is 12.8 Å². The maximum Gasteiger partial charge on any atom is 0.331 e. The van der Waals surface area contributed by atoms with Gasteiger partial charge in [-0.3, -0.25) is 13.9 Å². The molecule has 0 bridgehead atoms. The van der Waals surface area contributed by atoms with Crippen LogP contribution in [0.3, 0.4) is 0 Å². The van der Waals surface area contributed by atoms with Crippen LogP contribution in [0.5, 0.6) is 0 Å². The molecule has 0 amide bonds. The Bertz CT molecular complexity index is 500. The lowest BCUT2D eigenvalue weighted by molar-refractivity contribution is 0.317. The fourth-order valence-corrected chi connectivity index (χ4v) is 2.32. The van der Waals surface area contributed by atoms with Crippen LogP contribution in [0, 0.1) is 0 Å². The van der Waals surface area contributed by atoms with Gasteiger partial charge in [-0.25, -0.2) is 4.79 Å². The Morgan fingerprint density at radius 1 is 1.11 bits per heavy atom. The number of hydrogen-bond donors (Lipinski definition) is 1. The highest BCUT2D eigenvalue weighted by Gasteiger charge is 2.11. The van der Waals surface area contributed by atoms with Gasteiger partial charge in [0.2, 0.25) is 0 Å². The van der Waals surface area contributed by atoms with Gasteiger partial charge in [0.25, 0.3) is 5.56 Å². The zero-order chi connectivity index (χ0) is 13.0. The summed E-state index contributed by atoms with van der Waals surface area (Å²) < 4.78 is 2.79. The molecule has 0 spiro atoms. The molecule has 0 aliphatic carbocycles. The van der Waals surface area contributed by atoms with Crippen LogP contribution >= 0.6 is 0 Å². The number of nitrogens with zero attached hydrogens (tertiary/aromatic N) is 3. The van der Waals surface area contributed by atoms with Crippen molar-refractivity contribution in [2.24, 2.45) is 5.73 Å². The van der Waals surface area contributed by atoms with E-state index < -0.39 is 0 Å². The van der Waals surface area contributed by atoms with E-state index in [0.717, 1.165) is 19.6 Å². The summed E-state index contributed by atoms with van der Waals surface area (Å²) in [6, 6.07) is 1.43. The number of likely N-dealkylation sites (tertiary alicyclic amines) is 1. The average Bonchev–Trinajstić information content (AvgIpc) is 2.86. The molecule has 1 fully saturated rings. The summed E-state index contributed by atoms with van der Waals surface area (Å²) in [5, 5.41) is 0. The van der Waals surface area contributed by atoms with Crippen molar-refractivity contribution in [3.8, 4) is 0 Å². The SMILES string of the molecule is NCCn1c(=O)ccn(CCN2CCCC2)c1=O. The molecule has 1 aliphatic rings. The predicted molar refractivity (Wildman–Crippen MR) is 69.7 cm³/mol. The van der Waals surface area contributed by atoms with E-state index in [-0.39, 0.29) is 17.8 Å². The van der Waals surface area contributed by atoms with Crippen LogP contribution in [0.4, 0.5) is 0 Å². The van der Waals surface area contributed by atoms with Crippen LogP contribution in [0.15, 0.2) is 21.9 Å². The van der Waals surface area contributed by atoms with Crippen molar-refractivity contribution in [2.45, 2.75) is 25.9 Å². The monoisotopic (exact) mass is 252 g/mol. The van der Waals surface area contributed by atoms with Crippen LogP contribution in [-0.4, -0.2) is 40.2 Å². The van der Waals surface area contributed by atoms with Gasteiger partial charge < -0.3 is 10.6 Å². The number of rotatable bonds is 5. The lowest BCUT2D eigenvalue weighted by Gasteiger charge is -2.15. The normalized spacial score (nSPS) is 16.3. The molecule has 2 rings (SSSR count). The molecule has 0 saturated carbocycles. The van der Waals surface area contributed by atoms with Gasteiger partial charge in [-0.15, -0.1) is 0 Å². The van der Waals surface area contributed by atoms with E-state index in [4.69, 9.17) is 5.73 Å². The Hall–Kier alpha value is -1.40. The Labute approximate surface area is 106 Å². The molecular weight excluding hydrogens is 232 g/mol. The summed E-state index contributed by atoms with van der Waals surface area (Å²) >= 11 is 0. The maximum absolute atomic E-state index is 12.0. The van der Waals surface area contributed by atoms with E-state index in [0.29, 0.717) is 13.1 Å². The standard InChI is InChI=1S/C12H20N4O2/c13-4-8-16-11(17)3-7-15(12(16)18)10-9-14-5-1-2-6-14/h3,7H,1-2,4-6,8-10,13H2. The second-order valence-corrected chi connectivity index (χ2v) is 4.62. The minimum atomic E-state index is -0.275. The molecular formula is C12H20N4O2. The summed E-state index contributed by atoms with van der Waals surface area (Å²) in [5.41, 5.74) is 4.87. The third kappa shape index (κ3) is 2.88. The van der Waals surface area contributed by atoms with Crippen molar-refractivity contribution in [1.29, 1.82) is 0 Å². The number of nitrogens with two attached hydrogens (primary N) is 1. The molecule has 1 aromatic heterocycles. The van der Waals surface area contributed by atoms with Gasteiger partial charge in [0, 0.05) is 38.4 Å². The lowest BCUT2D eigenvalue weighted by Crippen LogP contribution is -2.41. The molecule has 0 unspecified atom stereocenters. The maximum atomic E-state index is 12.0. The zero-order valence-electron chi connectivity index (χ0n) is 10.5. The Morgan fingerprint density at radius 2 is 1.83 bits per heavy atom. The van der Waals surface area contributed by atoms with Crippen LogP contribution in [0.25, 0.3) is 0 Å². The van der Waals surface area contributed by atoms with Crippen molar-refractivity contribution in [3.63, 3.8) is 0 Å². The van der Waals surface area contributed by atoms with E-state index in [9.17, 15) is 9.59 Å². The van der Waals surface area contributed by atoms with Crippen LogP contribution < -0.4 is 17.0 Å². The summed E-state index contributed by atoms with van der Waals surface area (Å²) in [4.78, 5) is 25.9. The molecule has 0 atom stereocenters. The molecule has 0 aromatic carbocycles. The molecule has 0 radical (unpaired) electrons. The van der Waals surface area contributed by atoms with E-state index in [2.05, 4.69) is 4.90 Å². The first-order valence-corrected chi connectivity index (χ1v) is 6.45. The smallest absolute Gasteiger partial charge is 0.329 e. The molecule has 6 heteroatoms. The molecule has 2 heterocycles. The number of aromatic nitrogens is 2. The van der Waals surface area contributed by atoms with Gasteiger partial charge in [-0.05, 0) is 25.9 Å². The second kappa shape index (κ2) is 5.97. The summed E-state index contributed by atoms with van der Waals surface area (Å²) in [6.45, 7) is 4.28. The molecule has 2 N–H and O–H groups in total. The fourth-order valence-electron chi connectivity index (χ4n) is 2.32. The first kappa shape index (κ1) is 13.0. The summed E-state index contributed by atoms with van der Waals surface area (Å²) in [5.74, 6) is 0. The molecule has 18 heavy (non-hydrogen) atoms. The van der Waals surface area contributed by atoms with Gasteiger partial charge in [0.05, 0.1) is 0 Å². The third-order valence-electron chi connectivity index (χ3n) is 3.35. The topological polar surface area (TPSA) is 73.3 Å². The highest BCUT2D eigenvalue weighted by Crippen LogP contribution is 2.06. The van der Waals surface area contributed by atoms with Crippen molar-refractivity contribution in [2.75, 3.05) is 26.2 Å². The first-order chi connectivity index (χ1) is 8.72. The largest absolute Gasteiger partial charge is 0.331 e. The lowest BCUT2D eigenvalue weighted by atomic mass is 10.4. The van der Waals surface area contributed by atoms with Crippen molar-refractivity contribution in [3.05, 3.63) is 33.1 Å². The summed E-state index contributed by atoms with van der Waals surface area (Å²) in [7, 11) is 0. The van der Waals surface area contributed by atoms with E-state index in [1.807, 2.05) is 0 Å². The van der Waals surface area contributed by atoms with Gasteiger partial charge in [0.15, 0.2) is 0 Å². The van der Waals surface area contributed by atoms with Gasteiger partial charge in [-0.2, -0.15) is 0 Å². The van der Waals surface area contributed by atoms with E-state index in [1.54, 1.807) is 10.8 Å². The summed E-state index contributed by atoms with van der Waals surface area (Å²) in [6.07, 6.45) is 4.05. The van der Waals surface area contributed by atoms with Gasteiger partial charge >= 0.3 is 5.69 Å². The van der Waals surface area contributed by atoms with Crippen LogP contribution in [-0.2, 0) is 13.1 Å². The molecule has 6 nitrogen and oxygen atoms in total. The minimum absolute atomic E-state index is 0.257. The Kier molecular flexibility index (Phi) is 4.33. The Morgan fingerprint density at radius 3 is 2.50 bits per heavy atom. The first-order valence-electron chi connectivity index (χ1n) is 6.45. The van der Waals surface area contributed by atoms with Crippen LogP contribution in [0.2, 0.25) is 0 Å². The molecule has 100 valence electrons. The number of hydrogen-bond acceptors (Lipinski definition) is 4. The van der Waals surface area contributed by atoms with Crippen molar-refractivity contribution < 1.29 is 0 Å². The van der Waals surface area contributed by atoms with Crippen molar-refractivity contribution in [1.82, 2.24) is 14.0 Å². The average molecular weight is 252 g/mol. The van der Waals surface area contributed by atoms with Gasteiger partial charge in [-0.1, -0.05) is 0 Å². The predicted octanol–water partition coefficient (Wildman–Crippen LogP) is -0.935. The fraction of sp³-hybridized carbons (Fsp3) is 0.667.